The topological polar surface area (TPSA) is 158 Å². The van der Waals surface area contributed by atoms with E-state index in [4.69, 9.17) is 4.52 Å². The molecule has 1 amide bonds. The summed E-state index contributed by atoms with van der Waals surface area (Å²) in [7, 11) is -3.88. The van der Waals surface area contributed by atoms with Gasteiger partial charge in [0.05, 0.1) is 10.6 Å². The van der Waals surface area contributed by atoms with Crippen LogP contribution in [0.2, 0.25) is 0 Å². The molecule has 3 heterocycles. The second kappa shape index (κ2) is 7.95. The van der Waals surface area contributed by atoms with Crippen LogP contribution in [0.3, 0.4) is 0 Å². The van der Waals surface area contributed by atoms with E-state index in [2.05, 4.69) is 35.5 Å². The van der Waals surface area contributed by atoms with Crippen molar-refractivity contribution in [2.45, 2.75) is 18.7 Å². The van der Waals surface area contributed by atoms with E-state index >= 15 is 0 Å². The van der Waals surface area contributed by atoms with E-state index in [9.17, 15) is 13.2 Å². The third-order valence-electron chi connectivity index (χ3n) is 4.34. The quantitative estimate of drug-likeness (QED) is 0.455. The Morgan fingerprint density at radius 3 is 2.42 bits per heavy atom. The number of rotatable bonds is 6. The molecule has 4 aromatic rings. The Labute approximate surface area is 176 Å². The van der Waals surface area contributed by atoms with Crippen molar-refractivity contribution in [1.82, 2.24) is 30.1 Å². The van der Waals surface area contributed by atoms with Crippen molar-refractivity contribution in [2.75, 3.05) is 10.0 Å². The highest BCUT2D eigenvalue weighted by Gasteiger charge is 2.19. The number of anilines is 2. The number of benzene rings is 1. The van der Waals surface area contributed by atoms with Crippen LogP contribution in [0.25, 0.3) is 5.82 Å². The summed E-state index contributed by atoms with van der Waals surface area (Å²) in [4.78, 5) is 16.2. The predicted molar refractivity (Wildman–Crippen MR) is 108 cm³/mol. The van der Waals surface area contributed by atoms with Crippen molar-refractivity contribution < 1.29 is 17.7 Å². The molecule has 0 spiro atoms. The Balaban J connectivity index is 1.44. The van der Waals surface area contributed by atoms with Crippen LogP contribution >= 0.6 is 0 Å². The molecule has 0 saturated carbocycles. The molecule has 0 bridgehead atoms. The van der Waals surface area contributed by atoms with Gasteiger partial charge in [-0.3, -0.25) is 4.79 Å². The zero-order chi connectivity index (χ0) is 22.0. The number of carbonyl (C=O) groups excluding carboxylic acids is 1. The minimum Gasteiger partial charge on any atom is -0.337 e. The van der Waals surface area contributed by atoms with E-state index in [1.54, 1.807) is 19.9 Å². The van der Waals surface area contributed by atoms with E-state index < -0.39 is 15.9 Å². The molecule has 0 aliphatic heterocycles. The fourth-order valence-corrected chi connectivity index (χ4v) is 3.55. The third-order valence-corrected chi connectivity index (χ3v) is 5.69. The summed E-state index contributed by atoms with van der Waals surface area (Å²) in [6.45, 7) is 3.41. The molecule has 0 atom stereocenters. The Morgan fingerprint density at radius 2 is 1.84 bits per heavy atom. The number of hydrogen-bond acceptors (Lipinski definition) is 9. The molecule has 0 unspecified atom stereocenters. The lowest BCUT2D eigenvalue weighted by molar-refractivity contribution is 0.102. The number of hydrogen-bond donors (Lipinski definition) is 2. The first-order valence-electron chi connectivity index (χ1n) is 8.89. The van der Waals surface area contributed by atoms with Gasteiger partial charge in [-0.05, 0) is 50.2 Å². The third kappa shape index (κ3) is 4.25. The van der Waals surface area contributed by atoms with Gasteiger partial charge in [-0.15, -0.1) is 10.2 Å². The van der Waals surface area contributed by atoms with Gasteiger partial charge < -0.3 is 9.84 Å². The number of aryl methyl sites for hydroxylation is 1. The van der Waals surface area contributed by atoms with E-state index in [1.165, 1.54) is 47.7 Å². The van der Waals surface area contributed by atoms with Crippen LogP contribution in [0.1, 0.15) is 21.7 Å². The van der Waals surface area contributed by atoms with Crippen molar-refractivity contribution in [2.24, 2.45) is 0 Å². The van der Waals surface area contributed by atoms with Crippen LogP contribution < -0.4 is 10.0 Å². The normalized spacial score (nSPS) is 11.3. The lowest BCUT2D eigenvalue weighted by atomic mass is 10.3. The van der Waals surface area contributed by atoms with Gasteiger partial charge in [0.2, 0.25) is 5.88 Å². The molecule has 0 radical (unpaired) electrons. The molecule has 3 aromatic heterocycles. The van der Waals surface area contributed by atoms with Crippen molar-refractivity contribution in [3.8, 4) is 5.82 Å². The van der Waals surface area contributed by atoms with E-state index in [-0.39, 0.29) is 16.5 Å². The second-order valence-electron chi connectivity index (χ2n) is 6.42. The number of sulfonamides is 1. The maximum absolute atomic E-state index is 12.5. The minimum absolute atomic E-state index is 0.00377. The number of aromatic nitrogens is 6. The first-order valence-corrected chi connectivity index (χ1v) is 10.4. The van der Waals surface area contributed by atoms with Crippen molar-refractivity contribution in [1.29, 1.82) is 0 Å². The Bertz CT molecular complexity index is 1310. The van der Waals surface area contributed by atoms with Gasteiger partial charge in [-0.2, -0.15) is 5.10 Å². The lowest BCUT2D eigenvalue weighted by Crippen LogP contribution is -2.16. The van der Waals surface area contributed by atoms with Gasteiger partial charge in [-0.25, -0.2) is 22.8 Å². The second-order valence-corrected chi connectivity index (χ2v) is 8.11. The molecule has 158 valence electrons. The molecular weight excluding hydrogens is 424 g/mol. The Morgan fingerprint density at radius 1 is 1.06 bits per heavy atom. The van der Waals surface area contributed by atoms with Crippen LogP contribution in [-0.4, -0.2) is 44.4 Å². The van der Waals surface area contributed by atoms with Crippen molar-refractivity contribution in [3.05, 3.63) is 66.0 Å². The lowest BCUT2D eigenvalue weighted by Gasteiger charge is -2.08. The zero-order valence-electron chi connectivity index (χ0n) is 16.3. The maximum atomic E-state index is 12.5. The maximum Gasteiger partial charge on any atom is 0.276 e. The molecule has 0 saturated heterocycles. The summed E-state index contributed by atoms with van der Waals surface area (Å²) >= 11 is 0. The summed E-state index contributed by atoms with van der Waals surface area (Å²) in [6.07, 6.45) is 2.81. The van der Waals surface area contributed by atoms with Crippen LogP contribution in [0.15, 0.2) is 58.5 Å². The zero-order valence-corrected chi connectivity index (χ0v) is 17.2. The van der Waals surface area contributed by atoms with Crippen LogP contribution in [-0.2, 0) is 10.0 Å². The summed E-state index contributed by atoms with van der Waals surface area (Å²) < 4.78 is 33.8. The Hall–Kier alpha value is -4.13. The van der Waals surface area contributed by atoms with E-state index in [0.29, 0.717) is 22.8 Å². The van der Waals surface area contributed by atoms with Gasteiger partial charge in [-0.1, -0.05) is 5.16 Å². The molecule has 12 nitrogen and oxygen atoms in total. The molecule has 0 aliphatic rings. The molecule has 13 heteroatoms. The largest absolute Gasteiger partial charge is 0.337 e. The highest BCUT2D eigenvalue weighted by molar-refractivity contribution is 7.92. The van der Waals surface area contributed by atoms with E-state index in [0.717, 1.165) is 0 Å². The summed E-state index contributed by atoms with van der Waals surface area (Å²) in [5, 5.41) is 18.1. The van der Waals surface area contributed by atoms with Crippen LogP contribution in [0, 0.1) is 13.8 Å². The molecule has 0 aliphatic carbocycles. The van der Waals surface area contributed by atoms with Gasteiger partial charge >= 0.3 is 0 Å². The Kier molecular flexibility index (Phi) is 5.17. The summed E-state index contributed by atoms with van der Waals surface area (Å²) in [6, 6.07) is 8.70. The average molecular weight is 440 g/mol. The fourth-order valence-electron chi connectivity index (χ4n) is 2.50. The molecule has 1 aromatic carbocycles. The van der Waals surface area contributed by atoms with Crippen molar-refractivity contribution >= 4 is 27.5 Å². The summed E-state index contributed by atoms with van der Waals surface area (Å²) in [5.41, 5.74) is 1.66. The predicted octanol–water partition coefficient (Wildman–Crippen LogP) is 1.72. The van der Waals surface area contributed by atoms with Gasteiger partial charge in [0.25, 0.3) is 15.9 Å². The smallest absolute Gasteiger partial charge is 0.276 e. The molecule has 31 heavy (non-hydrogen) atoms. The average Bonchev–Trinajstić information content (AvgIpc) is 3.40. The van der Waals surface area contributed by atoms with Crippen LogP contribution in [0.4, 0.5) is 11.6 Å². The van der Waals surface area contributed by atoms with Crippen LogP contribution in [0.5, 0.6) is 0 Å². The van der Waals surface area contributed by atoms with E-state index in [1.807, 2.05) is 0 Å². The number of nitrogens with one attached hydrogen (secondary N) is 2. The molecular formula is C18H16N8O4S. The highest BCUT2D eigenvalue weighted by Crippen LogP contribution is 2.22. The minimum atomic E-state index is -3.88. The summed E-state index contributed by atoms with van der Waals surface area (Å²) in [5.74, 6) is -0.0322. The molecule has 0 fully saturated rings. The van der Waals surface area contributed by atoms with Gasteiger partial charge in [0.1, 0.15) is 12.7 Å². The first-order chi connectivity index (χ1) is 14.8. The SMILES string of the molecule is Cc1noc(NS(=O)(=O)c2ccc(NC(=O)c3ccc(-n4cncn4)nn3)cc2)c1C. The van der Waals surface area contributed by atoms with Crippen molar-refractivity contribution in [3.63, 3.8) is 0 Å². The number of nitrogens with zero attached hydrogens (tertiary/aromatic N) is 6. The number of carbonyl (C=O) groups is 1. The fraction of sp³-hybridized carbons (Fsp3) is 0.111. The monoisotopic (exact) mass is 440 g/mol. The first kappa shape index (κ1) is 20.2. The standard InChI is InChI=1S/C18H16N8O4S/c1-11-12(2)24-30-18(11)25-31(28,29)14-5-3-13(4-6-14)21-17(27)15-7-8-16(23-22-15)26-10-19-9-20-26/h3-10,25H,1-2H3,(H,21,27). The van der Waals surface area contributed by atoms with Gasteiger partial charge in [0.15, 0.2) is 11.5 Å². The number of amides is 1. The molecule has 4 rings (SSSR count). The molecule has 2 N–H and O–H groups in total. The van der Waals surface area contributed by atoms with Gasteiger partial charge in [0, 0.05) is 11.3 Å². The highest BCUT2D eigenvalue weighted by atomic mass is 32.2.